The highest BCUT2D eigenvalue weighted by Gasteiger charge is 2.16. The van der Waals surface area contributed by atoms with Crippen molar-refractivity contribution in [3.8, 4) is 10.6 Å². The molecular weight excluding hydrogens is 415 g/mol. The fourth-order valence-corrected chi connectivity index (χ4v) is 4.53. The van der Waals surface area contributed by atoms with Crippen molar-refractivity contribution in [3.05, 3.63) is 71.0 Å². The van der Waals surface area contributed by atoms with Crippen LogP contribution in [0.25, 0.3) is 10.6 Å². The van der Waals surface area contributed by atoms with Gasteiger partial charge in [0.2, 0.25) is 10.0 Å². The molecule has 0 fully saturated rings. The molecule has 0 aliphatic rings. The summed E-state index contributed by atoms with van der Waals surface area (Å²) < 4.78 is 45.0. The Kier molecular flexibility index (Phi) is 6.41. The van der Waals surface area contributed by atoms with Crippen LogP contribution in [0.1, 0.15) is 29.9 Å². The van der Waals surface area contributed by atoms with Gasteiger partial charge in [-0.1, -0.05) is 0 Å². The lowest BCUT2D eigenvalue weighted by molar-refractivity contribution is 0.0468. The number of carbonyl (C=O) groups is 1. The maximum Gasteiger partial charge on any atom is 0.338 e. The molecule has 6 nitrogen and oxygen atoms in total. The molecule has 0 saturated carbocycles. The molecule has 0 aliphatic heterocycles. The number of sulfonamides is 1. The molecule has 1 heterocycles. The molecule has 0 spiro atoms. The summed E-state index contributed by atoms with van der Waals surface area (Å²) in [4.78, 5) is 16.7. The maximum absolute atomic E-state index is 13.0. The van der Waals surface area contributed by atoms with Gasteiger partial charge in [0.1, 0.15) is 17.4 Å². The molecule has 0 unspecified atom stereocenters. The minimum absolute atomic E-state index is 0.0223. The van der Waals surface area contributed by atoms with Crippen molar-refractivity contribution in [2.75, 3.05) is 0 Å². The number of ether oxygens (including phenoxy) is 1. The third-order valence-electron chi connectivity index (χ3n) is 3.79. The molecular formula is C20H19FN2O4S2. The number of benzene rings is 2. The molecule has 0 bridgehead atoms. The second-order valence-electron chi connectivity index (χ2n) is 6.53. The Hall–Kier alpha value is -2.62. The van der Waals surface area contributed by atoms with E-state index in [1.165, 1.54) is 47.7 Å². The van der Waals surface area contributed by atoms with Crippen LogP contribution in [0.15, 0.2) is 58.8 Å². The second-order valence-corrected chi connectivity index (χ2v) is 9.10. The number of hydrogen-bond acceptors (Lipinski definition) is 6. The van der Waals surface area contributed by atoms with E-state index in [-0.39, 0.29) is 28.9 Å². The predicted octanol–water partition coefficient (Wildman–Crippen LogP) is 3.99. The smallest absolute Gasteiger partial charge is 0.338 e. The first-order valence-electron chi connectivity index (χ1n) is 8.74. The molecule has 0 saturated heterocycles. The second kappa shape index (κ2) is 8.81. The Bertz CT molecular complexity index is 1090. The van der Waals surface area contributed by atoms with Crippen LogP contribution >= 0.6 is 11.3 Å². The van der Waals surface area contributed by atoms with Crippen LogP contribution in [0, 0.1) is 5.82 Å². The van der Waals surface area contributed by atoms with Gasteiger partial charge in [-0.15, -0.1) is 11.3 Å². The third kappa shape index (κ3) is 5.47. The van der Waals surface area contributed by atoms with E-state index in [0.717, 1.165) is 5.56 Å². The van der Waals surface area contributed by atoms with Gasteiger partial charge < -0.3 is 4.74 Å². The number of nitrogens with zero attached hydrogens (tertiary/aromatic N) is 1. The molecule has 3 aromatic rings. The maximum atomic E-state index is 13.0. The molecule has 2 aromatic carbocycles. The van der Waals surface area contributed by atoms with Gasteiger partial charge in [0, 0.05) is 17.0 Å². The van der Waals surface area contributed by atoms with Gasteiger partial charge in [-0.05, 0) is 62.4 Å². The zero-order chi connectivity index (χ0) is 21.0. The Morgan fingerprint density at radius 3 is 2.41 bits per heavy atom. The molecule has 0 atom stereocenters. The van der Waals surface area contributed by atoms with Crippen molar-refractivity contribution in [1.29, 1.82) is 0 Å². The van der Waals surface area contributed by atoms with Crippen LogP contribution < -0.4 is 4.72 Å². The van der Waals surface area contributed by atoms with Crippen molar-refractivity contribution in [1.82, 2.24) is 9.71 Å². The standard InChI is InChI=1S/C20H19FN2O4S2/c1-13(2)23-29(25,26)18-9-5-15(6-10-18)20(24)27-11-17-12-28-19(22-17)14-3-7-16(21)8-4-14/h3-10,12-13,23H,11H2,1-2H3. The predicted molar refractivity (Wildman–Crippen MR) is 109 cm³/mol. The SMILES string of the molecule is CC(C)NS(=O)(=O)c1ccc(C(=O)OCc2csc(-c3ccc(F)cc3)n2)cc1. The average Bonchev–Trinajstić information content (AvgIpc) is 3.15. The summed E-state index contributed by atoms with van der Waals surface area (Å²) >= 11 is 1.37. The number of hydrogen-bond donors (Lipinski definition) is 1. The van der Waals surface area contributed by atoms with Gasteiger partial charge in [-0.25, -0.2) is 27.3 Å². The van der Waals surface area contributed by atoms with Gasteiger partial charge >= 0.3 is 5.97 Å². The lowest BCUT2D eigenvalue weighted by Gasteiger charge is -2.10. The highest BCUT2D eigenvalue weighted by molar-refractivity contribution is 7.89. The number of rotatable bonds is 7. The minimum atomic E-state index is -3.62. The van der Waals surface area contributed by atoms with Crippen molar-refractivity contribution in [2.45, 2.75) is 31.4 Å². The van der Waals surface area contributed by atoms with Gasteiger partial charge in [0.05, 0.1) is 16.2 Å². The monoisotopic (exact) mass is 434 g/mol. The Morgan fingerprint density at radius 2 is 1.79 bits per heavy atom. The average molecular weight is 435 g/mol. The first-order chi connectivity index (χ1) is 13.7. The molecule has 9 heteroatoms. The quantitative estimate of drug-likeness (QED) is 0.568. The van der Waals surface area contributed by atoms with E-state index in [1.807, 2.05) is 0 Å². The van der Waals surface area contributed by atoms with E-state index in [4.69, 9.17) is 4.74 Å². The summed E-state index contributed by atoms with van der Waals surface area (Å²) in [6.45, 7) is 3.43. The molecule has 1 N–H and O–H groups in total. The molecule has 0 amide bonds. The number of thiazole rings is 1. The summed E-state index contributed by atoms with van der Waals surface area (Å²) in [5.41, 5.74) is 1.59. The van der Waals surface area contributed by atoms with E-state index in [0.29, 0.717) is 10.7 Å². The van der Waals surface area contributed by atoms with Crippen LogP contribution in [0.2, 0.25) is 0 Å². The lowest BCUT2D eigenvalue weighted by atomic mass is 10.2. The van der Waals surface area contributed by atoms with Gasteiger partial charge in [-0.3, -0.25) is 0 Å². The highest BCUT2D eigenvalue weighted by Crippen LogP contribution is 2.24. The zero-order valence-corrected chi connectivity index (χ0v) is 17.4. The molecule has 0 aliphatic carbocycles. The van der Waals surface area contributed by atoms with Gasteiger partial charge in [0.15, 0.2) is 0 Å². The molecule has 0 radical (unpaired) electrons. The van der Waals surface area contributed by atoms with Crippen LogP contribution in [-0.4, -0.2) is 25.4 Å². The van der Waals surface area contributed by atoms with E-state index >= 15 is 0 Å². The summed E-state index contributed by atoms with van der Waals surface area (Å²) in [5.74, 6) is -0.902. The molecule has 1 aromatic heterocycles. The fraction of sp³-hybridized carbons (Fsp3) is 0.200. The summed E-state index contributed by atoms with van der Waals surface area (Å²) in [6, 6.07) is 11.3. The fourth-order valence-electron chi connectivity index (χ4n) is 2.47. The summed E-state index contributed by atoms with van der Waals surface area (Å²) in [6.07, 6.45) is 0. The van der Waals surface area contributed by atoms with E-state index in [9.17, 15) is 17.6 Å². The van der Waals surface area contributed by atoms with Crippen molar-refractivity contribution < 1.29 is 22.3 Å². The Morgan fingerprint density at radius 1 is 1.14 bits per heavy atom. The topological polar surface area (TPSA) is 85.4 Å². The summed E-state index contributed by atoms with van der Waals surface area (Å²) in [7, 11) is -3.62. The normalized spacial score (nSPS) is 11.6. The first kappa shape index (κ1) is 21.1. The number of esters is 1. The van der Waals surface area contributed by atoms with Crippen LogP contribution in [0.3, 0.4) is 0 Å². The van der Waals surface area contributed by atoms with E-state index < -0.39 is 16.0 Å². The van der Waals surface area contributed by atoms with Gasteiger partial charge in [-0.2, -0.15) is 0 Å². The number of halogens is 1. The number of nitrogens with one attached hydrogen (secondary N) is 1. The molecule has 152 valence electrons. The molecule has 29 heavy (non-hydrogen) atoms. The Balaban J connectivity index is 1.62. The Labute approximate surface area is 172 Å². The van der Waals surface area contributed by atoms with Crippen molar-refractivity contribution in [3.63, 3.8) is 0 Å². The van der Waals surface area contributed by atoms with Crippen molar-refractivity contribution in [2.24, 2.45) is 0 Å². The van der Waals surface area contributed by atoms with E-state index in [1.54, 1.807) is 31.4 Å². The first-order valence-corrected chi connectivity index (χ1v) is 11.1. The van der Waals surface area contributed by atoms with Crippen LogP contribution in [0.5, 0.6) is 0 Å². The highest BCUT2D eigenvalue weighted by atomic mass is 32.2. The van der Waals surface area contributed by atoms with Crippen LogP contribution in [-0.2, 0) is 21.4 Å². The lowest BCUT2D eigenvalue weighted by Crippen LogP contribution is -2.30. The van der Waals surface area contributed by atoms with Crippen molar-refractivity contribution >= 4 is 27.3 Å². The molecule has 3 rings (SSSR count). The van der Waals surface area contributed by atoms with Gasteiger partial charge in [0.25, 0.3) is 0 Å². The number of aromatic nitrogens is 1. The van der Waals surface area contributed by atoms with E-state index in [2.05, 4.69) is 9.71 Å². The third-order valence-corrected chi connectivity index (χ3v) is 6.40. The largest absolute Gasteiger partial charge is 0.456 e. The zero-order valence-electron chi connectivity index (χ0n) is 15.8. The summed E-state index contributed by atoms with van der Waals surface area (Å²) in [5, 5.41) is 2.46. The minimum Gasteiger partial charge on any atom is -0.456 e. The number of carbonyl (C=O) groups excluding carboxylic acids is 1. The van der Waals surface area contributed by atoms with Crippen LogP contribution in [0.4, 0.5) is 4.39 Å².